The molecule has 0 spiro atoms. The van der Waals surface area contributed by atoms with Gasteiger partial charge in [0, 0.05) is 12.6 Å². The lowest BCUT2D eigenvalue weighted by Gasteiger charge is -2.18. The SMILES string of the molecule is CCCCCCCCCC=CC=CC=CC=CC=CC=CC(=O)O[C@H](COC=CCCCCCCCCCCCCCC)COP(=O)(O)OCCN. The molecule has 298 valence electrons. The normalized spacial score (nSPS) is 14.4. The monoisotopic (exact) mass is 748 g/mol. The summed E-state index contributed by atoms with van der Waals surface area (Å²) in [5, 5.41) is 0. The largest absolute Gasteiger partial charge is 0.498 e. The van der Waals surface area contributed by atoms with E-state index in [1.165, 1.54) is 122 Å². The van der Waals surface area contributed by atoms with Gasteiger partial charge in [0.15, 0.2) is 6.10 Å². The van der Waals surface area contributed by atoms with Crippen molar-refractivity contribution in [3.63, 3.8) is 0 Å². The van der Waals surface area contributed by atoms with Gasteiger partial charge in [-0.3, -0.25) is 9.05 Å². The molecule has 0 aromatic rings. The molecule has 2 atom stereocenters. The van der Waals surface area contributed by atoms with Gasteiger partial charge in [-0.1, -0.05) is 190 Å². The van der Waals surface area contributed by atoms with E-state index >= 15 is 0 Å². The van der Waals surface area contributed by atoms with Crippen LogP contribution in [-0.4, -0.2) is 43.3 Å². The molecule has 8 nitrogen and oxygen atoms in total. The van der Waals surface area contributed by atoms with Crippen LogP contribution in [0.2, 0.25) is 0 Å². The highest BCUT2D eigenvalue weighted by Gasteiger charge is 2.24. The average molecular weight is 748 g/mol. The van der Waals surface area contributed by atoms with Gasteiger partial charge in [-0.15, -0.1) is 0 Å². The molecule has 0 heterocycles. The number of allylic oxidation sites excluding steroid dienone is 12. The van der Waals surface area contributed by atoms with Crippen molar-refractivity contribution in [1.29, 1.82) is 0 Å². The van der Waals surface area contributed by atoms with Crippen molar-refractivity contribution in [1.82, 2.24) is 0 Å². The van der Waals surface area contributed by atoms with Crippen molar-refractivity contribution >= 4 is 13.8 Å². The molecule has 52 heavy (non-hydrogen) atoms. The molecule has 0 aliphatic rings. The number of hydrogen-bond acceptors (Lipinski definition) is 7. The van der Waals surface area contributed by atoms with E-state index in [9.17, 15) is 14.3 Å². The first-order valence-electron chi connectivity index (χ1n) is 20.2. The van der Waals surface area contributed by atoms with Gasteiger partial charge in [-0.2, -0.15) is 0 Å². The van der Waals surface area contributed by atoms with Crippen LogP contribution >= 0.6 is 7.82 Å². The fourth-order valence-corrected chi connectivity index (χ4v) is 5.91. The minimum Gasteiger partial charge on any atom is -0.498 e. The van der Waals surface area contributed by atoms with Crippen molar-refractivity contribution in [2.75, 3.05) is 26.4 Å². The Labute approximate surface area is 318 Å². The van der Waals surface area contributed by atoms with Crippen LogP contribution in [0.25, 0.3) is 0 Å². The van der Waals surface area contributed by atoms with E-state index in [0.717, 1.165) is 19.3 Å². The van der Waals surface area contributed by atoms with E-state index in [4.69, 9.17) is 24.3 Å². The van der Waals surface area contributed by atoms with Gasteiger partial charge in [0.1, 0.15) is 6.61 Å². The zero-order valence-corrected chi connectivity index (χ0v) is 33.7. The van der Waals surface area contributed by atoms with Crippen LogP contribution in [0, 0.1) is 0 Å². The number of phosphoric acid groups is 1. The third kappa shape index (κ3) is 38.7. The maximum Gasteiger partial charge on any atom is 0.472 e. The van der Waals surface area contributed by atoms with E-state index in [1.54, 1.807) is 24.5 Å². The average Bonchev–Trinajstić information content (AvgIpc) is 3.13. The fourth-order valence-electron chi connectivity index (χ4n) is 5.15. The Morgan fingerprint density at radius 1 is 0.596 bits per heavy atom. The summed E-state index contributed by atoms with van der Waals surface area (Å²) in [4.78, 5) is 22.2. The van der Waals surface area contributed by atoms with Gasteiger partial charge in [0.05, 0.1) is 19.5 Å². The summed E-state index contributed by atoms with van der Waals surface area (Å²) in [6, 6.07) is 0. The molecule has 0 aromatic heterocycles. The lowest BCUT2D eigenvalue weighted by atomic mass is 10.0. The van der Waals surface area contributed by atoms with E-state index in [1.807, 2.05) is 42.5 Å². The minimum atomic E-state index is -4.33. The predicted molar refractivity (Wildman–Crippen MR) is 219 cm³/mol. The second-order valence-electron chi connectivity index (χ2n) is 13.1. The molecular weight excluding hydrogens is 673 g/mol. The number of carbonyl (C=O) groups excluding carboxylic acids is 1. The van der Waals surface area contributed by atoms with E-state index in [-0.39, 0.29) is 26.4 Å². The molecule has 0 saturated carbocycles. The number of esters is 1. The van der Waals surface area contributed by atoms with Crippen LogP contribution in [0.1, 0.15) is 149 Å². The van der Waals surface area contributed by atoms with Crippen molar-refractivity contribution in [2.24, 2.45) is 5.73 Å². The van der Waals surface area contributed by atoms with Gasteiger partial charge in [-0.05, 0) is 31.8 Å². The maximum absolute atomic E-state index is 12.4. The molecule has 0 aliphatic heterocycles. The quantitative estimate of drug-likeness (QED) is 0.0161. The smallest absolute Gasteiger partial charge is 0.472 e. The summed E-state index contributed by atoms with van der Waals surface area (Å²) in [7, 11) is -4.33. The van der Waals surface area contributed by atoms with E-state index in [2.05, 4.69) is 26.0 Å². The van der Waals surface area contributed by atoms with Crippen LogP contribution in [0.5, 0.6) is 0 Å². The van der Waals surface area contributed by atoms with Crippen molar-refractivity contribution in [2.45, 2.75) is 155 Å². The summed E-state index contributed by atoms with van der Waals surface area (Å²) in [5.41, 5.74) is 5.34. The Morgan fingerprint density at radius 2 is 1.04 bits per heavy atom. The van der Waals surface area contributed by atoms with Crippen LogP contribution in [0.4, 0.5) is 0 Å². The second kappa shape index (κ2) is 39.7. The van der Waals surface area contributed by atoms with Gasteiger partial charge in [0.2, 0.25) is 0 Å². The molecule has 0 rings (SSSR count). The topological polar surface area (TPSA) is 117 Å². The number of nitrogens with two attached hydrogens (primary N) is 1. The van der Waals surface area contributed by atoms with Crippen LogP contribution in [-0.2, 0) is 27.9 Å². The summed E-state index contributed by atoms with van der Waals surface area (Å²) >= 11 is 0. The van der Waals surface area contributed by atoms with Crippen molar-refractivity contribution < 1.29 is 32.8 Å². The third-order valence-corrected chi connectivity index (χ3v) is 9.10. The number of hydrogen-bond donors (Lipinski definition) is 2. The highest BCUT2D eigenvalue weighted by molar-refractivity contribution is 7.47. The number of ether oxygens (including phenoxy) is 2. The molecule has 0 aromatic carbocycles. The third-order valence-electron chi connectivity index (χ3n) is 8.12. The Morgan fingerprint density at radius 3 is 1.54 bits per heavy atom. The number of phosphoric ester groups is 1. The maximum atomic E-state index is 12.4. The fraction of sp³-hybridized carbons (Fsp3) is 0.651. The summed E-state index contributed by atoms with van der Waals surface area (Å²) in [6.07, 6.45) is 51.8. The molecule has 0 radical (unpaired) electrons. The van der Waals surface area contributed by atoms with Gasteiger partial charge >= 0.3 is 13.8 Å². The lowest BCUT2D eigenvalue weighted by molar-refractivity contribution is -0.147. The Kier molecular flexibility index (Phi) is 37.8. The highest BCUT2D eigenvalue weighted by Crippen LogP contribution is 2.43. The first kappa shape index (κ1) is 49.5. The highest BCUT2D eigenvalue weighted by atomic mass is 31.2. The Bertz CT molecular complexity index is 1060. The number of rotatable bonds is 37. The molecule has 0 fully saturated rings. The van der Waals surface area contributed by atoms with Gasteiger partial charge < -0.3 is 20.1 Å². The van der Waals surface area contributed by atoms with Crippen molar-refractivity contribution in [3.05, 3.63) is 85.3 Å². The van der Waals surface area contributed by atoms with E-state index < -0.39 is 19.9 Å². The standard InChI is InChI=1S/C43H74NO7P/c1-3-5-7-9-11-13-15-17-19-20-21-22-23-24-26-28-30-32-34-36-43(45)51-42(41-50-52(46,47)49-39-37-44)40-48-38-35-33-31-29-27-25-18-16-14-12-10-8-6-4-2/h19-24,26,28,30,32,34-36,38,42H,3-18,25,27,29,31,33,37,39-41,44H2,1-2H3,(H,46,47)/t42-/m1/s1. The predicted octanol–water partition coefficient (Wildman–Crippen LogP) is 12.1. The molecule has 0 saturated heterocycles. The van der Waals surface area contributed by atoms with Crippen LogP contribution in [0.3, 0.4) is 0 Å². The Balaban J connectivity index is 4.41. The molecule has 0 aliphatic carbocycles. The zero-order chi connectivity index (χ0) is 38.1. The number of carbonyl (C=O) groups is 1. The van der Waals surface area contributed by atoms with E-state index in [0.29, 0.717) is 0 Å². The second-order valence-corrected chi connectivity index (χ2v) is 14.5. The zero-order valence-electron chi connectivity index (χ0n) is 32.8. The number of unbranched alkanes of at least 4 members (excludes halogenated alkanes) is 19. The summed E-state index contributed by atoms with van der Waals surface area (Å²) < 4.78 is 32.8. The molecular formula is C43H74NO7P. The van der Waals surface area contributed by atoms with Crippen LogP contribution < -0.4 is 5.73 Å². The molecule has 0 bridgehead atoms. The van der Waals surface area contributed by atoms with Crippen molar-refractivity contribution in [3.8, 4) is 0 Å². The van der Waals surface area contributed by atoms with Gasteiger partial charge in [-0.25, -0.2) is 9.36 Å². The molecule has 0 amide bonds. The van der Waals surface area contributed by atoms with Crippen LogP contribution in [0.15, 0.2) is 85.3 Å². The van der Waals surface area contributed by atoms with Gasteiger partial charge in [0.25, 0.3) is 0 Å². The molecule has 1 unspecified atom stereocenters. The first-order chi connectivity index (χ1) is 25.4. The first-order valence-corrected chi connectivity index (χ1v) is 21.7. The summed E-state index contributed by atoms with van der Waals surface area (Å²) in [6.45, 7) is 4.02. The summed E-state index contributed by atoms with van der Waals surface area (Å²) in [5.74, 6) is -0.632. The minimum absolute atomic E-state index is 0.0419. The Hall–Kier alpha value is -2.48. The molecule has 9 heteroatoms. The molecule has 3 N–H and O–H groups in total. The lowest BCUT2D eigenvalue weighted by Crippen LogP contribution is -2.27.